The molecule has 3 nitrogen and oxygen atoms in total. The molecule has 112 valence electrons. The highest BCUT2D eigenvalue weighted by atomic mass is 79.9. The van der Waals surface area contributed by atoms with Gasteiger partial charge in [-0.25, -0.2) is 0 Å². The van der Waals surface area contributed by atoms with Crippen LogP contribution in [-0.4, -0.2) is 31.4 Å². The minimum absolute atomic E-state index is 0.148. The molecule has 0 radical (unpaired) electrons. The second-order valence-corrected chi connectivity index (χ2v) is 6.07. The zero-order valence-corrected chi connectivity index (χ0v) is 13.9. The van der Waals surface area contributed by atoms with Crippen LogP contribution in [0.5, 0.6) is 5.75 Å². The molecule has 0 aromatic heterocycles. The van der Waals surface area contributed by atoms with Crippen molar-refractivity contribution in [3.05, 3.63) is 28.7 Å². The van der Waals surface area contributed by atoms with E-state index in [1.165, 1.54) is 0 Å². The zero-order chi connectivity index (χ0) is 14.4. The molecule has 20 heavy (non-hydrogen) atoms. The Bertz CT molecular complexity index is 413. The third kappa shape index (κ3) is 3.96. The summed E-state index contributed by atoms with van der Waals surface area (Å²) in [5.74, 6) is 0.900. The molecule has 1 fully saturated rings. The molecule has 1 aliphatic carbocycles. The van der Waals surface area contributed by atoms with E-state index in [0.717, 1.165) is 42.6 Å². The average molecular weight is 342 g/mol. The van der Waals surface area contributed by atoms with E-state index in [1.54, 1.807) is 0 Å². The molecular weight excluding hydrogens is 318 g/mol. The maximum atomic E-state index is 6.09. The molecule has 0 aliphatic heterocycles. The van der Waals surface area contributed by atoms with E-state index in [4.69, 9.17) is 9.47 Å². The summed E-state index contributed by atoms with van der Waals surface area (Å²) in [4.78, 5) is 0. The van der Waals surface area contributed by atoms with E-state index < -0.39 is 0 Å². The monoisotopic (exact) mass is 341 g/mol. The summed E-state index contributed by atoms with van der Waals surface area (Å²) < 4.78 is 13.0. The molecule has 1 aliphatic rings. The Morgan fingerprint density at radius 3 is 2.75 bits per heavy atom. The van der Waals surface area contributed by atoms with Gasteiger partial charge in [0, 0.05) is 19.1 Å². The van der Waals surface area contributed by atoms with Gasteiger partial charge in [0.05, 0.1) is 4.47 Å². The third-order valence-electron chi connectivity index (χ3n) is 3.54. The van der Waals surface area contributed by atoms with Crippen LogP contribution in [0.25, 0.3) is 0 Å². The van der Waals surface area contributed by atoms with Crippen molar-refractivity contribution in [2.24, 2.45) is 0 Å². The minimum atomic E-state index is 0.148. The molecule has 0 bridgehead atoms. The van der Waals surface area contributed by atoms with Crippen LogP contribution in [0.1, 0.15) is 33.1 Å². The molecule has 3 unspecified atom stereocenters. The first-order valence-corrected chi connectivity index (χ1v) is 8.31. The lowest BCUT2D eigenvalue weighted by atomic mass is 9.85. The van der Waals surface area contributed by atoms with Gasteiger partial charge in [-0.15, -0.1) is 0 Å². The quantitative estimate of drug-likeness (QED) is 0.780. The standard InChI is InChI=1S/C16H24BrNO2/c1-3-9-18-13-11-15(16(13)19-10-4-2)20-14-8-6-5-7-12(14)17/h5-8,13,15-16,18H,3-4,9-11H2,1-2H3. The number of ether oxygens (including phenoxy) is 2. The van der Waals surface area contributed by atoms with Gasteiger partial charge in [0.25, 0.3) is 0 Å². The fraction of sp³-hybridized carbons (Fsp3) is 0.625. The molecule has 1 aromatic rings. The summed E-state index contributed by atoms with van der Waals surface area (Å²) in [6.07, 6.45) is 3.50. The van der Waals surface area contributed by atoms with Crippen LogP contribution in [0.2, 0.25) is 0 Å². The van der Waals surface area contributed by atoms with Crippen molar-refractivity contribution in [1.82, 2.24) is 5.32 Å². The van der Waals surface area contributed by atoms with Crippen LogP contribution in [0.4, 0.5) is 0 Å². The lowest BCUT2D eigenvalue weighted by Crippen LogP contribution is -2.61. The fourth-order valence-corrected chi connectivity index (χ4v) is 2.79. The summed E-state index contributed by atoms with van der Waals surface area (Å²) in [6, 6.07) is 8.41. The number of para-hydroxylation sites is 1. The Morgan fingerprint density at radius 2 is 2.05 bits per heavy atom. The first kappa shape index (κ1) is 15.8. The van der Waals surface area contributed by atoms with Gasteiger partial charge in [-0.05, 0) is 47.4 Å². The summed E-state index contributed by atoms with van der Waals surface area (Å²) in [6.45, 7) is 6.16. The molecule has 0 saturated heterocycles. The average Bonchev–Trinajstić information content (AvgIpc) is 2.44. The molecule has 2 rings (SSSR count). The van der Waals surface area contributed by atoms with Crippen LogP contribution in [0.15, 0.2) is 28.7 Å². The van der Waals surface area contributed by atoms with Crippen LogP contribution in [-0.2, 0) is 4.74 Å². The van der Waals surface area contributed by atoms with Gasteiger partial charge in [0.15, 0.2) is 0 Å². The summed E-state index contributed by atoms with van der Waals surface area (Å²) in [5, 5.41) is 3.54. The molecule has 0 spiro atoms. The molecule has 1 aromatic carbocycles. The van der Waals surface area contributed by atoms with Gasteiger partial charge in [0.2, 0.25) is 0 Å². The molecule has 0 heterocycles. The Balaban J connectivity index is 1.92. The van der Waals surface area contributed by atoms with Crippen molar-refractivity contribution >= 4 is 15.9 Å². The van der Waals surface area contributed by atoms with Gasteiger partial charge in [-0.1, -0.05) is 26.0 Å². The van der Waals surface area contributed by atoms with Crippen molar-refractivity contribution in [3.63, 3.8) is 0 Å². The van der Waals surface area contributed by atoms with Crippen LogP contribution >= 0.6 is 15.9 Å². The summed E-state index contributed by atoms with van der Waals surface area (Å²) >= 11 is 3.53. The molecule has 3 atom stereocenters. The van der Waals surface area contributed by atoms with Crippen LogP contribution in [0.3, 0.4) is 0 Å². The van der Waals surface area contributed by atoms with Gasteiger partial charge < -0.3 is 14.8 Å². The molecule has 1 N–H and O–H groups in total. The Hall–Kier alpha value is -0.580. The third-order valence-corrected chi connectivity index (χ3v) is 4.19. The van der Waals surface area contributed by atoms with Crippen molar-refractivity contribution in [3.8, 4) is 5.75 Å². The smallest absolute Gasteiger partial charge is 0.134 e. The number of hydrogen-bond donors (Lipinski definition) is 1. The van der Waals surface area contributed by atoms with Gasteiger partial charge >= 0.3 is 0 Å². The van der Waals surface area contributed by atoms with E-state index in [-0.39, 0.29) is 12.2 Å². The number of nitrogens with one attached hydrogen (secondary N) is 1. The van der Waals surface area contributed by atoms with E-state index in [0.29, 0.717) is 6.04 Å². The summed E-state index contributed by atoms with van der Waals surface area (Å²) in [5.41, 5.74) is 0. The van der Waals surface area contributed by atoms with E-state index >= 15 is 0 Å². The van der Waals surface area contributed by atoms with E-state index in [2.05, 4.69) is 35.1 Å². The highest BCUT2D eigenvalue weighted by molar-refractivity contribution is 9.10. The fourth-order valence-electron chi connectivity index (χ4n) is 2.41. The topological polar surface area (TPSA) is 30.5 Å². The van der Waals surface area contributed by atoms with Crippen LogP contribution < -0.4 is 10.1 Å². The lowest BCUT2D eigenvalue weighted by Gasteiger charge is -2.44. The maximum absolute atomic E-state index is 6.09. The van der Waals surface area contributed by atoms with Crippen molar-refractivity contribution in [2.45, 2.75) is 51.4 Å². The zero-order valence-electron chi connectivity index (χ0n) is 12.3. The largest absolute Gasteiger partial charge is 0.486 e. The highest BCUT2D eigenvalue weighted by Crippen LogP contribution is 2.32. The second-order valence-electron chi connectivity index (χ2n) is 5.22. The van der Waals surface area contributed by atoms with Gasteiger partial charge in [-0.2, -0.15) is 0 Å². The van der Waals surface area contributed by atoms with E-state index in [1.807, 2.05) is 24.3 Å². The Labute approximate surface area is 130 Å². The molecule has 1 saturated carbocycles. The second kappa shape index (κ2) is 8.01. The van der Waals surface area contributed by atoms with Crippen molar-refractivity contribution in [2.75, 3.05) is 13.2 Å². The van der Waals surface area contributed by atoms with Crippen molar-refractivity contribution in [1.29, 1.82) is 0 Å². The predicted octanol–water partition coefficient (Wildman–Crippen LogP) is 3.76. The maximum Gasteiger partial charge on any atom is 0.134 e. The SMILES string of the molecule is CCCNC1CC(Oc2ccccc2Br)C1OCCC. The Morgan fingerprint density at radius 1 is 1.25 bits per heavy atom. The first-order valence-electron chi connectivity index (χ1n) is 7.52. The number of hydrogen-bond acceptors (Lipinski definition) is 3. The van der Waals surface area contributed by atoms with Gasteiger partial charge in [-0.3, -0.25) is 0 Å². The summed E-state index contributed by atoms with van der Waals surface area (Å²) in [7, 11) is 0. The predicted molar refractivity (Wildman–Crippen MR) is 85.3 cm³/mol. The van der Waals surface area contributed by atoms with Gasteiger partial charge in [0.1, 0.15) is 18.0 Å². The normalized spacial score (nSPS) is 25.2. The van der Waals surface area contributed by atoms with Crippen molar-refractivity contribution < 1.29 is 9.47 Å². The molecule has 4 heteroatoms. The first-order chi connectivity index (χ1) is 9.76. The number of rotatable bonds is 8. The molecule has 0 amide bonds. The Kier molecular flexibility index (Phi) is 6.33. The number of halogens is 1. The van der Waals surface area contributed by atoms with Crippen LogP contribution in [0, 0.1) is 0 Å². The molecular formula is C16H24BrNO2. The lowest BCUT2D eigenvalue weighted by molar-refractivity contribution is -0.108. The minimum Gasteiger partial charge on any atom is -0.486 e. The highest BCUT2D eigenvalue weighted by Gasteiger charge is 2.43. The number of benzene rings is 1. The van der Waals surface area contributed by atoms with E-state index in [9.17, 15) is 0 Å².